The average Bonchev–Trinajstić information content (AvgIpc) is 2.68. The van der Waals surface area contributed by atoms with Gasteiger partial charge in [-0.3, -0.25) is 0 Å². The van der Waals surface area contributed by atoms with Crippen molar-refractivity contribution >= 4 is 0 Å². The predicted octanol–water partition coefficient (Wildman–Crippen LogP) is 4.73. The summed E-state index contributed by atoms with van der Waals surface area (Å²) in [5.74, 6) is 0. The summed E-state index contributed by atoms with van der Waals surface area (Å²) < 4.78 is 12.3. The first-order chi connectivity index (χ1) is 12.2. The summed E-state index contributed by atoms with van der Waals surface area (Å²) in [6.07, 6.45) is 3.54. The lowest BCUT2D eigenvalue weighted by atomic mass is 9.96. The zero-order valence-corrected chi connectivity index (χ0v) is 15.1. The predicted molar refractivity (Wildman–Crippen MR) is 103 cm³/mol. The van der Waals surface area contributed by atoms with Crippen molar-refractivity contribution in [2.45, 2.75) is 25.3 Å². The number of nitrogens with one attached hydrogen (secondary N) is 1. The van der Waals surface area contributed by atoms with Crippen LogP contribution in [0.25, 0.3) is 0 Å². The maximum Gasteiger partial charge on any atom is 0.166 e. The van der Waals surface area contributed by atoms with Crippen molar-refractivity contribution in [3.8, 4) is 0 Å². The minimum Gasteiger partial charge on any atom is -0.353 e. The summed E-state index contributed by atoms with van der Waals surface area (Å²) in [5.41, 5.74) is 0.0900. The molecule has 0 aliphatic rings. The molecule has 0 aliphatic carbocycles. The van der Waals surface area contributed by atoms with E-state index in [2.05, 4.69) is 18.5 Å². The van der Waals surface area contributed by atoms with E-state index in [4.69, 9.17) is 9.47 Å². The Balaban J connectivity index is 2.56. The first-order valence-corrected chi connectivity index (χ1v) is 8.62. The number of hydrogen-bond donors (Lipinski definition) is 1. The molecule has 25 heavy (non-hydrogen) atoms. The van der Waals surface area contributed by atoms with Crippen molar-refractivity contribution in [1.82, 2.24) is 5.32 Å². The molecule has 0 spiro atoms. The highest BCUT2D eigenvalue weighted by Crippen LogP contribution is 2.33. The van der Waals surface area contributed by atoms with E-state index in [1.165, 1.54) is 0 Å². The zero-order valence-electron chi connectivity index (χ0n) is 15.1. The molecule has 0 radical (unpaired) electrons. The van der Waals surface area contributed by atoms with Crippen molar-refractivity contribution in [2.24, 2.45) is 0 Å². The van der Waals surface area contributed by atoms with Crippen LogP contribution in [0.5, 0.6) is 0 Å². The molecule has 2 aromatic carbocycles. The molecule has 3 nitrogen and oxygen atoms in total. The summed E-state index contributed by atoms with van der Waals surface area (Å²) in [4.78, 5) is 0. The number of benzene rings is 2. The Morgan fingerprint density at radius 2 is 1.12 bits per heavy atom. The molecule has 0 saturated heterocycles. The average molecular weight is 337 g/mol. The van der Waals surface area contributed by atoms with Crippen molar-refractivity contribution in [3.63, 3.8) is 0 Å². The molecule has 2 unspecified atom stereocenters. The van der Waals surface area contributed by atoms with Gasteiger partial charge in [-0.15, -0.1) is 0 Å². The smallest absolute Gasteiger partial charge is 0.166 e. The van der Waals surface area contributed by atoms with Gasteiger partial charge >= 0.3 is 0 Å². The van der Waals surface area contributed by atoms with E-state index >= 15 is 0 Å². The molecule has 0 aliphatic heterocycles. The fraction of sp³-hybridized carbons (Fsp3) is 0.273. The van der Waals surface area contributed by atoms with Crippen LogP contribution in [0.3, 0.4) is 0 Å². The van der Waals surface area contributed by atoms with Crippen LogP contribution in [-0.4, -0.2) is 13.2 Å². The van der Waals surface area contributed by atoms with Crippen LogP contribution in [0, 0.1) is 0 Å². The van der Waals surface area contributed by atoms with Crippen LogP contribution in [0.2, 0.25) is 0 Å². The Morgan fingerprint density at radius 1 is 0.760 bits per heavy atom. The minimum atomic E-state index is -0.908. The normalized spacial score (nSPS) is 15.8. The Morgan fingerprint density at radius 3 is 1.40 bits per heavy atom. The maximum atomic E-state index is 6.13. The van der Waals surface area contributed by atoms with Gasteiger partial charge in [0.2, 0.25) is 0 Å². The molecule has 0 aromatic heterocycles. The molecule has 2 rings (SSSR count). The van der Waals surface area contributed by atoms with Crippen molar-refractivity contribution in [3.05, 3.63) is 97.1 Å². The molecule has 0 heterocycles. The molecule has 0 amide bonds. The zero-order chi connectivity index (χ0) is 18.2. The van der Waals surface area contributed by atoms with Crippen LogP contribution in [-0.2, 0) is 20.9 Å². The van der Waals surface area contributed by atoms with Crippen LogP contribution in [0.15, 0.2) is 86.0 Å². The van der Waals surface area contributed by atoms with E-state index in [0.29, 0.717) is 13.2 Å². The first-order valence-electron chi connectivity index (χ1n) is 8.62. The largest absolute Gasteiger partial charge is 0.353 e. The van der Waals surface area contributed by atoms with Crippen LogP contribution < -0.4 is 5.32 Å². The number of ether oxygens (including phenoxy) is 2. The third kappa shape index (κ3) is 4.07. The van der Waals surface area contributed by atoms with E-state index < -0.39 is 11.4 Å². The molecule has 1 N–H and O–H groups in total. The number of rotatable bonds is 10. The lowest BCUT2D eigenvalue weighted by Crippen LogP contribution is -2.55. The second-order valence-corrected chi connectivity index (χ2v) is 5.60. The van der Waals surface area contributed by atoms with Gasteiger partial charge in [0.1, 0.15) is 0 Å². The van der Waals surface area contributed by atoms with Gasteiger partial charge in [-0.1, -0.05) is 73.8 Å². The SMILES string of the molecule is C=CC(NC(C=C)(OCC)c1ccccc1)(OCC)c1ccccc1. The van der Waals surface area contributed by atoms with Gasteiger partial charge in [0.05, 0.1) is 0 Å². The fourth-order valence-electron chi connectivity index (χ4n) is 2.94. The molecule has 3 heteroatoms. The van der Waals surface area contributed by atoms with Gasteiger partial charge in [-0.25, -0.2) is 5.32 Å². The molecule has 2 aromatic rings. The van der Waals surface area contributed by atoms with Crippen molar-refractivity contribution < 1.29 is 9.47 Å². The highest BCUT2D eigenvalue weighted by atomic mass is 16.5. The topological polar surface area (TPSA) is 30.5 Å². The number of hydrogen-bond acceptors (Lipinski definition) is 3. The summed E-state index contributed by atoms with van der Waals surface area (Å²) in [6, 6.07) is 19.9. The highest BCUT2D eigenvalue weighted by molar-refractivity contribution is 5.32. The van der Waals surface area contributed by atoms with Crippen LogP contribution in [0.4, 0.5) is 0 Å². The molecule has 132 valence electrons. The summed E-state index contributed by atoms with van der Waals surface area (Å²) >= 11 is 0. The maximum absolute atomic E-state index is 6.13. The van der Waals surface area contributed by atoms with E-state index in [1.54, 1.807) is 12.2 Å². The Hall–Kier alpha value is -2.20. The van der Waals surface area contributed by atoms with Gasteiger partial charge in [-0.2, -0.15) is 0 Å². The Labute approximate surface area is 151 Å². The van der Waals surface area contributed by atoms with Crippen LogP contribution >= 0.6 is 0 Å². The molecular formula is C22H27NO2. The quantitative estimate of drug-likeness (QED) is 0.502. The van der Waals surface area contributed by atoms with E-state index in [9.17, 15) is 0 Å². The molecular weight excluding hydrogens is 310 g/mol. The third-order valence-electron chi connectivity index (χ3n) is 4.10. The van der Waals surface area contributed by atoms with E-state index in [1.807, 2.05) is 74.5 Å². The van der Waals surface area contributed by atoms with Gasteiger partial charge < -0.3 is 9.47 Å². The Bertz CT molecular complexity index is 611. The minimum absolute atomic E-state index is 0.516. The van der Waals surface area contributed by atoms with E-state index in [0.717, 1.165) is 11.1 Å². The fourth-order valence-corrected chi connectivity index (χ4v) is 2.94. The monoisotopic (exact) mass is 337 g/mol. The second-order valence-electron chi connectivity index (χ2n) is 5.60. The third-order valence-corrected chi connectivity index (χ3v) is 4.10. The molecule has 0 fully saturated rings. The molecule has 0 saturated carbocycles. The highest BCUT2D eigenvalue weighted by Gasteiger charge is 2.40. The van der Waals surface area contributed by atoms with Gasteiger partial charge in [0.15, 0.2) is 11.4 Å². The van der Waals surface area contributed by atoms with Gasteiger partial charge in [0, 0.05) is 24.3 Å². The molecule has 2 atom stereocenters. The lowest BCUT2D eigenvalue weighted by molar-refractivity contribution is -0.124. The first kappa shape index (κ1) is 19.1. The summed E-state index contributed by atoms with van der Waals surface area (Å²) in [7, 11) is 0. The van der Waals surface area contributed by atoms with E-state index in [-0.39, 0.29) is 0 Å². The second kappa shape index (κ2) is 8.77. The van der Waals surface area contributed by atoms with Crippen molar-refractivity contribution in [2.75, 3.05) is 13.2 Å². The summed E-state index contributed by atoms with van der Waals surface area (Å²) in [5, 5.41) is 3.53. The standard InChI is InChI=1S/C22H27NO2/c1-5-21(24-7-3,19-15-11-9-12-16-19)23-22(6-2,25-8-4)20-17-13-10-14-18-20/h5-6,9-18,23H,1-2,7-8H2,3-4H3. The van der Waals surface area contributed by atoms with Gasteiger partial charge in [0.25, 0.3) is 0 Å². The Kier molecular flexibility index (Phi) is 6.71. The summed E-state index contributed by atoms with van der Waals surface area (Å²) in [6.45, 7) is 13.0. The lowest BCUT2D eigenvalue weighted by Gasteiger charge is -2.42. The molecule has 0 bridgehead atoms. The van der Waals surface area contributed by atoms with Crippen LogP contribution in [0.1, 0.15) is 25.0 Å². The van der Waals surface area contributed by atoms with Gasteiger partial charge in [-0.05, 0) is 26.0 Å². The van der Waals surface area contributed by atoms with Crippen molar-refractivity contribution in [1.29, 1.82) is 0 Å².